The molecule has 0 spiro atoms. The number of carbonyl (C=O) groups is 4. The van der Waals surface area contributed by atoms with Crippen LogP contribution in [0.4, 0.5) is 11.8 Å². The summed E-state index contributed by atoms with van der Waals surface area (Å²) in [5.74, 6) is -6.94. The van der Waals surface area contributed by atoms with Crippen molar-refractivity contribution < 1.29 is 110 Å². The van der Waals surface area contributed by atoms with Gasteiger partial charge < -0.3 is 113 Å². The fourth-order valence-corrected chi connectivity index (χ4v) is 16.3. The molecule has 2 saturated heterocycles. The lowest BCUT2D eigenvalue weighted by molar-refractivity contribution is -0.265. The summed E-state index contributed by atoms with van der Waals surface area (Å²) in [6.07, 6.45) is 15.6. The number of oxazole rings is 1. The highest BCUT2D eigenvalue weighted by molar-refractivity contribution is 6.39. The van der Waals surface area contributed by atoms with Crippen molar-refractivity contribution in [2.75, 3.05) is 152 Å². The lowest BCUT2D eigenvalue weighted by Gasteiger charge is -2.43. The number of benzene rings is 1. The van der Waals surface area contributed by atoms with Gasteiger partial charge in [0.05, 0.1) is 160 Å². The zero-order valence-electron chi connectivity index (χ0n) is 74.6. The molecule has 3 fully saturated rings. The van der Waals surface area contributed by atoms with Gasteiger partial charge in [0.15, 0.2) is 17.8 Å². The fraction of sp³-hybridized carbons (Fsp3) is 0.697. The summed E-state index contributed by atoms with van der Waals surface area (Å²) in [7, 11) is 4.66. The molecule has 4 aliphatic rings. The number of aromatic nitrogens is 8. The van der Waals surface area contributed by atoms with Crippen LogP contribution in [0, 0.1) is 35.5 Å². The molecular formula is C89H137N13O23. The number of esters is 1. The third kappa shape index (κ3) is 31.4. The number of anilines is 2. The van der Waals surface area contributed by atoms with E-state index in [1.165, 1.54) is 18.3 Å². The van der Waals surface area contributed by atoms with Crippen LogP contribution < -0.4 is 16.8 Å². The van der Waals surface area contributed by atoms with E-state index < -0.39 is 84.1 Å². The lowest BCUT2D eigenvalue weighted by Crippen LogP contribution is -2.61. The Morgan fingerprint density at radius 2 is 1.42 bits per heavy atom. The average molecular weight is 1760 g/mol. The van der Waals surface area contributed by atoms with Gasteiger partial charge in [-0.2, -0.15) is 10.1 Å². The number of nitrogens with two attached hydrogens (primary N) is 2. The molecule has 9 N–H and O–H groups in total. The van der Waals surface area contributed by atoms with Gasteiger partial charge in [0.2, 0.25) is 11.7 Å². The number of fused-ring (bicyclic) bond motifs is 5. The second-order valence-corrected chi connectivity index (χ2v) is 33.1. The van der Waals surface area contributed by atoms with Gasteiger partial charge in [0, 0.05) is 83.5 Å². The maximum atomic E-state index is 14.7. The normalized spacial score (nSPS) is 27.6. The van der Waals surface area contributed by atoms with Gasteiger partial charge in [-0.05, 0) is 138 Å². The zero-order valence-corrected chi connectivity index (χ0v) is 74.6. The molecule has 5 aromatic rings. The molecule has 16 atom stereocenters. The largest absolute Gasteiger partial charge is 0.460 e. The number of piperidine rings is 1. The number of aryl methyl sites for hydroxylation is 1. The number of Topliss-reactive ketones (excluding diaryl/α,β-unsaturated/α-hetero) is 1. The Labute approximate surface area is 733 Å². The summed E-state index contributed by atoms with van der Waals surface area (Å²) in [5, 5.41) is 69.0. The number of amides is 2. The molecule has 1 aromatic carbocycles. The van der Waals surface area contributed by atoms with E-state index in [1.807, 2.05) is 64.1 Å². The van der Waals surface area contributed by atoms with E-state index in [0.29, 0.717) is 227 Å². The minimum absolute atomic E-state index is 0.00538. The number of carbonyl (C=O) groups excluding carboxylic acids is 4. The van der Waals surface area contributed by atoms with Gasteiger partial charge in [-0.15, -0.1) is 5.10 Å². The summed E-state index contributed by atoms with van der Waals surface area (Å²) in [4.78, 5) is 76.3. The van der Waals surface area contributed by atoms with Gasteiger partial charge in [0.1, 0.15) is 53.4 Å². The number of hydrogen-bond acceptors (Lipinski definition) is 32. The predicted octanol–water partition coefficient (Wildman–Crippen LogP) is 7.80. The van der Waals surface area contributed by atoms with E-state index in [-0.39, 0.29) is 80.7 Å². The molecule has 4 aromatic heterocycles. The molecule has 0 radical (unpaired) electrons. The van der Waals surface area contributed by atoms with Crippen molar-refractivity contribution in [2.45, 2.75) is 225 Å². The Morgan fingerprint density at radius 3 is 2.09 bits per heavy atom. The number of unbranched alkanes of at least 4 members (excludes halogenated alkanes) is 1. The number of nitrogens with zero attached hydrogens (tertiary/aromatic N) is 10. The van der Waals surface area contributed by atoms with Gasteiger partial charge in [-0.3, -0.25) is 14.4 Å². The Bertz CT molecular complexity index is 4250. The summed E-state index contributed by atoms with van der Waals surface area (Å²) in [6, 6.07) is 4.42. The molecule has 9 rings (SSSR count). The van der Waals surface area contributed by atoms with Gasteiger partial charge in [-0.25, -0.2) is 24.1 Å². The third-order valence-electron chi connectivity index (χ3n) is 23.6. The van der Waals surface area contributed by atoms with Crippen LogP contribution in [0.5, 0.6) is 0 Å². The van der Waals surface area contributed by atoms with Crippen molar-refractivity contribution >= 4 is 63.2 Å². The molecule has 1 aliphatic carbocycles. The zero-order chi connectivity index (χ0) is 89.6. The SMILES string of the molecule is CO[C@H]1C[C@@H]2CC[C@@H](C)[C@@](O)(O2)C(=O)C(=O)N2CCCC[C@H]2C(=O)O[C@H]([C@H](C)C[C@@H]2CC[C@@H](O)[C@H](OC)C2)C[C@@H](O)[C@H](C)/C=C(\C)[C@@H](O)[C@@H](OC)/C(=N/OCc2cn(CCOCCOCCOCCOCCOCCOCCOCCOCCC(=O)NCCCCn3nc(-c4ccc5oc(N)nc5c4)c4c(N)ncnc43)nn2)[C@H](C)C[C@H](C)/C=C/C=C/C=C/1C. The van der Waals surface area contributed by atoms with Crippen LogP contribution in [0.1, 0.15) is 150 Å². The Kier molecular flexibility index (Phi) is 42.6. The molecule has 3 aliphatic heterocycles. The molecule has 125 heavy (non-hydrogen) atoms. The number of cyclic esters (lactones) is 1. The van der Waals surface area contributed by atoms with Gasteiger partial charge in [0.25, 0.3) is 17.7 Å². The summed E-state index contributed by atoms with van der Waals surface area (Å²) in [6.45, 7) is 20.9. The molecule has 7 heterocycles. The van der Waals surface area contributed by atoms with Crippen LogP contribution in [0.2, 0.25) is 0 Å². The number of hydrogen-bond donors (Lipinski definition) is 7. The Balaban J connectivity index is 0.641. The smallest absolute Gasteiger partial charge is 0.329 e. The first-order valence-electron chi connectivity index (χ1n) is 44.3. The summed E-state index contributed by atoms with van der Waals surface area (Å²) >= 11 is 0. The van der Waals surface area contributed by atoms with Crippen LogP contribution in [0.15, 0.2) is 87.9 Å². The van der Waals surface area contributed by atoms with Crippen molar-refractivity contribution in [2.24, 2.45) is 40.7 Å². The van der Waals surface area contributed by atoms with Crippen LogP contribution in [-0.4, -0.2) is 295 Å². The second-order valence-electron chi connectivity index (χ2n) is 33.1. The summed E-state index contributed by atoms with van der Waals surface area (Å²) in [5.41, 5.74) is 17.5. The van der Waals surface area contributed by atoms with Crippen molar-refractivity contribution in [1.29, 1.82) is 0 Å². The van der Waals surface area contributed by atoms with Crippen molar-refractivity contribution in [3.05, 3.63) is 84.0 Å². The second kappa shape index (κ2) is 53.0. The van der Waals surface area contributed by atoms with E-state index in [0.717, 1.165) is 30.4 Å². The number of rotatable bonds is 42. The molecule has 2 amide bonds. The van der Waals surface area contributed by atoms with E-state index in [4.69, 9.17) is 87.4 Å². The lowest BCUT2D eigenvalue weighted by atomic mass is 9.78. The van der Waals surface area contributed by atoms with Crippen molar-refractivity contribution in [1.82, 2.24) is 49.9 Å². The van der Waals surface area contributed by atoms with Crippen molar-refractivity contribution in [3.8, 4) is 11.3 Å². The minimum atomic E-state index is -2.45. The van der Waals surface area contributed by atoms with Gasteiger partial charge >= 0.3 is 5.97 Å². The number of aliphatic hydroxyl groups excluding tert-OH is 3. The highest BCUT2D eigenvalue weighted by Gasteiger charge is 2.53. The van der Waals surface area contributed by atoms with Crippen LogP contribution >= 0.6 is 0 Å². The third-order valence-corrected chi connectivity index (χ3v) is 23.6. The molecule has 2 bridgehead atoms. The molecule has 696 valence electrons. The van der Waals surface area contributed by atoms with Crippen LogP contribution in [0.3, 0.4) is 0 Å². The number of nitrogen functional groups attached to an aromatic ring is 2. The maximum absolute atomic E-state index is 14.7. The number of nitrogens with one attached hydrogen (secondary N) is 1. The highest BCUT2D eigenvalue weighted by Crippen LogP contribution is 2.39. The molecule has 36 nitrogen and oxygen atoms in total. The van der Waals surface area contributed by atoms with Crippen LogP contribution in [0.25, 0.3) is 33.4 Å². The number of ketones is 1. The minimum Gasteiger partial charge on any atom is -0.460 e. The first-order valence-corrected chi connectivity index (χ1v) is 44.3. The molecular weight excluding hydrogens is 1620 g/mol. The highest BCUT2D eigenvalue weighted by atomic mass is 16.6. The fourth-order valence-electron chi connectivity index (χ4n) is 16.3. The topological polar surface area (TPSA) is 458 Å². The summed E-state index contributed by atoms with van der Waals surface area (Å²) < 4.78 is 84.4. The maximum Gasteiger partial charge on any atom is 0.329 e. The monoisotopic (exact) mass is 1760 g/mol. The first kappa shape index (κ1) is 101. The molecule has 0 unspecified atom stereocenters. The average Bonchev–Trinajstić information content (AvgIpc) is 1.59. The number of ether oxygens (including phenoxy) is 13. The number of methoxy groups -OCH3 is 3. The standard InChI is InChI=1S/C89H137N13O23/c1-58-18-12-11-13-19-59(2)74(111-8)53-68-24-21-64(7)89(110,125-68)83(107)86(108)101-29-16-14-20-70(101)87(109)123-75(61(4)50-65-22-25-71(103)76(51-65)112-9)54-72(104)60(3)49-63(6)81(106)82(113-10)79(62(5)48-58)98-122-56-67-55-100(99-96-67)31-33-115-35-37-117-39-41-119-43-45-121-47-46-120-44-42-118-40-38-116-36-34-114-32-27-77(105)92-28-15-17-30-102-85-78(84(90)93-57-94-85)80(97-102)66-23-26-73-69(52-66)95-88(91)124-73/h11-13,18-19,23,26,49,52,55,57-58,60-62,64-65,68,70-72,74-76,81-82,103-104,106,110H,14-17,20-22,24-25,27-48,50-51,53-54,56H2,1-10H3,(H2,91,95)(H,92,105)(H2,90,93,94)/b13-11+,18-12+,59-19+,63-49+,98-79+/t58-,60-,61-,62-,64-,65+,68+,70+,71-,72-,74+,75+,76-,81-,82+,89-/m1/s1. The van der Waals surface area contributed by atoms with E-state index in [9.17, 15) is 39.6 Å². The predicted molar refractivity (Wildman–Crippen MR) is 464 cm³/mol. The molecule has 1 saturated carbocycles. The van der Waals surface area contributed by atoms with E-state index >= 15 is 0 Å². The quantitative estimate of drug-likeness (QED) is 0.00644. The van der Waals surface area contributed by atoms with Crippen LogP contribution in [-0.2, 0) is 105 Å². The Hall–Kier alpha value is -8.15. The van der Waals surface area contributed by atoms with Gasteiger partial charge in [-0.1, -0.05) is 81.4 Å². The number of aliphatic hydroxyl groups is 4. The number of oxime groups is 1. The van der Waals surface area contributed by atoms with Crippen molar-refractivity contribution in [3.63, 3.8) is 0 Å². The van der Waals surface area contributed by atoms with E-state index in [1.54, 1.807) is 55.8 Å². The number of allylic oxidation sites excluding steroid dienone is 5. The van der Waals surface area contributed by atoms with E-state index in [2.05, 4.69) is 48.7 Å². The first-order chi connectivity index (χ1) is 60.4. The molecule has 36 heteroatoms. The Morgan fingerprint density at radius 1 is 0.736 bits per heavy atom.